The molecule has 1 saturated heterocycles. The van der Waals surface area contributed by atoms with E-state index in [9.17, 15) is 0 Å². The van der Waals surface area contributed by atoms with E-state index in [0.717, 1.165) is 31.7 Å². The van der Waals surface area contributed by atoms with Crippen LogP contribution in [0.3, 0.4) is 0 Å². The molecule has 1 fully saturated rings. The lowest BCUT2D eigenvalue weighted by Crippen LogP contribution is -2.37. The molecular weight excluding hydrogens is 232 g/mol. The van der Waals surface area contributed by atoms with Crippen molar-refractivity contribution in [2.24, 2.45) is 5.84 Å². The Morgan fingerprint density at radius 2 is 2.22 bits per heavy atom. The molecule has 0 radical (unpaired) electrons. The second-order valence-corrected chi connectivity index (χ2v) is 4.31. The molecule has 1 aliphatic rings. The van der Waals surface area contributed by atoms with Crippen molar-refractivity contribution in [3.05, 3.63) is 18.2 Å². The van der Waals surface area contributed by atoms with Crippen LogP contribution in [-0.2, 0) is 4.74 Å². The standard InChI is InChI=1S/C12H20N4O2/c13-15-11-2-1-3-12(14-11)16-6-4-10(5-7-16)18-9-8-17/h1-3,10,17H,4-9,13H2,(H,14,15). The molecule has 6 heteroatoms. The predicted molar refractivity (Wildman–Crippen MR) is 70.3 cm³/mol. The number of aliphatic hydroxyl groups excluding tert-OH is 1. The Bertz CT molecular complexity index is 367. The smallest absolute Gasteiger partial charge is 0.142 e. The Balaban J connectivity index is 1.88. The van der Waals surface area contributed by atoms with E-state index in [0.29, 0.717) is 12.4 Å². The summed E-state index contributed by atoms with van der Waals surface area (Å²) < 4.78 is 5.53. The topological polar surface area (TPSA) is 83.6 Å². The van der Waals surface area contributed by atoms with Crippen molar-refractivity contribution in [1.29, 1.82) is 0 Å². The van der Waals surface area contributed by atoms with Gasteiger partial charge in [-0.15, -0.1) is 0 Å². The molecule has 0 aliphatic carbocycles. The number of piperidine rings is 1. The summed E-state index contributed by atoms with van der Waals surface area (Å²) in [5, 5.41) is 8.72. The highest BCUT2D eigenvalue weighted by Crippen LogP contribution is 2.20. The number of nitrogens with zero attached hydrogens (tertiary/aromatic N) is 2. The zero-order chi connectivity index (χ0) is 12.8. The van der Waals surface area contributed by atoms with E-state index in [4.69, 9.17) is 15.7 Å². The number of aromatic nitrogens is 1. The summed E-state index contributed by atoms with van der Waals surface area (Å²) in [5.74, 6) is 6.96. The zero-order valence-electron chi connectivity index (χ0n) is 10.4. The maximum atomic E-state index is 8.72. The number of rotatable bonds is 5. The first kappa shape index (κ1) is 13.1. The van der Waals surface area contributed by atoms with Gasteiger partial charge in [-0.3, -0.25) is 0 Å². The van der Waals surface area contributed by atoms with E-state index in [1.54, 1.807) is 0 Å². The predicted octanol–water partition coefficient (Wildman–Crippen LogP) is 0.345. The van der Waals surface area contributed by atoms with Crippen molar-refractivity contribution in [2.75, 3.05) is 36.6 Å². The highest BCUT2D eigenvalue weighted by Gasteiger charge is 2.20. The Hall–Kier alpha value is -1.37. The minimum atomic E-state index is 0.0893. The van der Waals surface area contributed by atoms with E-state index < -0.39 is 0 Å². The van der Waals surface area contributed by atoms with Crippen LogP contribution in [0.5, 0.6) is 0 Å². The number of anilines is 2. The minimum Gasteiger partial charge on any atom is -0.394 e. The highest BCUT2D eigenvalue weighted by atomic mass is 16.5. The van der Waals surface area contributed by atoms with Crippen molar-refractivity contribution in [2.45, 2.75) is 18.9 Å². The van der Waals surface area contributed by atoms with Crippen molar-refractivity contribution < 1.29 is 9.84 Å². The average Bonchev–Trinajstić information content (AvgIpc) is 2.46. The number of hydrogen-bond donors (Lipinski definition) is 3. The fourth-order valence-electron chi connectivity index (χ4n) is 2.15. The molecule has 1 aromatic rings. The van der Waals surface area contributed by atoms with E-state index in [1.807, 2.05) is 18.2 Å². The molecule has 0 saturated carbocycles. The maximum Gasteiger partial charge on any atom is 0.142 e. The molecule has 1 aliphatic heterocycles. The van der Waals surface area contributed by atoms with Gasteiger partial charge in [-0.05, 0) is 25.0 Å². The normalized spacial score (nSPS) is 16.9. The Morgan fingerprint density at radius 1 is 1.44 bits per heavy atom. The third-order valence-corrected chi connectivity index (χ3v) is 3.09. The lowest BCUT2D eigenvalue weighted by atomic mass is 10.1. The van der Waals surface area contributed by atoms with Crippen LogP contribution in [0.2, 0.25) is 0 Å². The molecule has 0 aromatic carbocycles. The van der Waals surface area contributed by atoms with Crippen LogP contribution in [0.4, 0.5) is 11.6 Å². The average molecular weight is 252 g/mol. The first-order valence-electron chi connectivity index (χ1n) is 6.24. The van der Waals surface area contributed by atoms with Gasteiger partial charge < -0.3 is 20.2 Å². The van der Waals surface area contributed by atoms with Crippen LogP contribution in [0.25, 0.3) is 0 Å². The summed E-state index contributed by atoms with van der Waals surface area (Å²) in [6.45, 7) is 2.34. The quantitative estimate of drug-likeness (QED) is 0.518. The molecule has 0 amide bonds. The van der Waals surface area contributed by atoms with Gasteiger partial charge in [0, 0.05) is 13.1 Å². The molecule has 2 rings (SSSR count). The Morgan fingerprint density at radius 3 is 2.89 bits per heavy atom. The number of ether oxygens (including phenoxy) is 1. The lowest BCUT2D eigenvalue weighted by molar-refractivity contribution is 0.0158. The third-order valence-electron chi connectivity index (χ3n) is 3.09. The number of nitrogens with two attached hydrogens (primary N) is 1. The zero-order valence-corrected chi connectivity index (χ0v) is 10.4. The summed E-state index contributed by atoms with van der Waals surface area (Å²) in [5.41, 5.74) is 2.55. The summed E-state index contributed by atoms with van der Waals surface area (Å²) in [6.07, 6.45) is 2.17. The van der Waals surface area contributed by atoms with Crippen molar-refractivity contribution >= 4 is 11.6 Å². The van der Waals surface area contributed by atoms with Gasteiger partial charge in [0.15, 0.2) is 0 Å². The molecule has 0 atom stereocenters. The second-order valence-electron chi connectivity index (χ2n) is 4.31. The molecule has 100 valence electrons. The van der Waals surface area contributed by atoms with Gasteiger partial charge in [0.2, 0.25) is 0 Å². The molecule has 1 aromatic heterocycles. The van der Waals surface area contributed by atoms with Crippen LogP contribution in [0, 0.1) is 0 Å². The van der Waals surface area contributed by atoms with Gasteiger partial charge in [0.25, 0.3) is 0 Å². The monoisotopic (exact) mass is 252 g/mol. The molecule has 0 unspecified atom stereocenters. The first-order valence-corrected chi connectivity index (χ1v) is 6.24. The van der Waals surface area contributed by atoms with Gasteiger partial charge in [-0.1, -0.05) is 6.07 Å². The number of hydrazine groups is 1. The largest absolute Gasteiger partial charge is 0.394 e. The lowest BCUT2D eigenvalue weighted by Gasteiger charge is -2.32. The number of hydrogen-bond acceptors (Lipinski definition) is 6. The number of nitrogen functional groups attached to an aromatic ring is 1. The molecule has 4 N–H and O–H groups in total. The fraction of sp³-hybridized carbons (Fsp3) is 0.583. The molecular formula is C12H20N4O2. The van der Waals surface area contributed by atoms with Gasteiger partial charge in [-0.25, -0.2) is 10.8 Å². The molecule has 18 heavy (non-hydrogen) atoms. The van der Waals surface area contributed by atoms with Gasteiger partial charge in [0.05, 0.1) is 19.3 Å². The fourth-order valence-corrected chi connectivity index (χ4v) is 2.15. The number of pyridine rings is 1. The Labute approximate surface area is 107 Å². The van der Waals surface area contributed by atoms with E-state index in [-0.39, 0.29) is 12.7 Å². The van der Waals surface area contributed by atoms with E-state index >= 15 is 0 Å². The second kappa shape index (κ2) is 6.53. The summed E-state index contributed by atoms with van der Waals surface area (Å²) in [4.78, 5) is 6.63. The van der Waals surface area contributed by atoms with Crippen molar-refractivity contribution in [3.8, 4) is 0 Å². The Kier molecular flexibility index (Phi) is 4.74. The van der Waals surface area contributed by atoms with Crippen LogP contribution in [0.15, 0.2) is 18.2 Å². The van der Waals surface area contributed by atoms with Crippen LogP contribution in [-0.4, -0.2) is 42.5 Å². The van der Waals surface area contributed by atoms with Crippen molar-refractivity contribution in [3.63, 3.8) is 0 Å². The highest BCUT2D eigenvalue weighted by molar-refractivity contribution is 5.46. The summed E-state index contributed by atoms with van der Waals surface area (Å²) >= 11 is 0. The van der Waals surface area contributed by atoms with Crippen LogP contribution >= 0.6 is 0 Å². The van der Waals surface area contributed by atoms with Crippen LogP contribution < -0.4 is 16.2 Å². The first-order chi connectivity index (χ1) is 8.83. The number of aliphatic hydroxyl groups is 1. The minimum absolute atomic E-state index is 0.0893. The van der Waals surface area contributed by atoms with E-state index in [2.05, 4.69) is 15.3 Å². The van der Waals surface area contributed by atoms with E-state index in [1.165, 1.54) is 0 Å². The molecule has 0 bridgehead atoms. The maximum absolute atomic E-state index is 8.72. The third kappa shape index (κ3) is 3.32. The molecule has 0 spiro atoms. The SMILES string of the molecule is NNc1cccc(N2CCC(OCCO)CC2)n1. The summed E-state index contributed by atoms with van der Waals surface area (Å²) in [6, 6.07) is 5.75. The van der Waals surface area contributed by atoms with Gasteiger partial charge in [0.1, 0.15) is 11.6 Å². The molecule has 6 nitrogen and oxygen atoms in total. The summed E-state index contributed by atoms with van der Waals surface area (Å²) in [7, 11) is 0. The van der Waals surface area contributed by atoms with Crippen LogP contribution in [0.1, 0.15) is 12.8 Å². The molecule has 2 heterocycles. The van der Waals surface area contributed by atoms with Crippen molar-refractivity contribution in [1.82, 2.24) is 4.98 Å². The van der Waals surface area contributed by atoms with Gasteiger partial charge >= 0.3 is 0 Å². The number of nitrogens with one attached hydrogen (secondary N) is 1. The van der Waals surface area contributed by atoms with Gasteiger partial charge in [-0.2, -0.15) is 0 Å².